The third-order valence-electron chi connectivity index (χ3n) is 3.86. The monoisotopic (exact) mass is 296 g/mol. The molecule has 0 aromatic heterocycles. The summed E-state index contributed by atoms with van der Waals surface area (Å²) in [6, 6.07) is 10.3. The first-order chi connectivity index (χ1) is 9.55. The van der Waals surface area contributed by atoms with E-state index in [1.54, 1.807) is 0 Å². The maximum atomic E-state index is 12.0. The zero-order chi connectivity index (χ0) is 14.4. The van der Waals surface area contributed by atoms with Crippen LogP contribution in [0.15, 0.2) is 30.3 Å². The fourth-order valence-corrected chi connectivity index (χ4v) is 3.58. The van der Waals surface area contributed by atoms with Gasteiger partial charge < -0.3 is 5.32 Å². The first-order valence-electron chi connectivity index (χ1n) is 7.30. The van der Waals surface area contributed by atoms with Gasteiger partial charge in [0.1, 0.15) is 0 Å². The normalized spacial score (nSPS) is 23.6. The van der Waals surface area contributed by atoms with Crippen LogP contribution in [0.1, 0.15) is 25.3 Å². The molecule has 2 rings (SSSR count). The van der Waals surface area contributed by atoms with Crippen molar-refractivity contribution in [3.8, 4) is 0 Å². The fourth-order valence-electron chi connectivity index (χ4n) is 2.45. The molecule has 1 fully saturated rings. The Morgan fingerprint density at radius 2 is 2.00 bits per heavy atom. The van der Waals surface area contributed by atoms with Crippen molar-refractivity contribution in [2.45, 2.75) is 32.2 Å². The highest BCUT2D eigenvalue weighted by Gasteiger charge is 2.19. The number of hydrogen-bond donors (Lipinski definition) is 2. The average molecular weight is 296 g/mol. The van der Waals surface area contributed by atoms with Gasteiger partial charge in [-0.15, -0.1) is 0 Å². The summed E-state index contributed by atoms with van der Waals surface area (Å²) in [5.41, 5.74) is 1.06. The molecule has 0 amide bonds. The fraction of sp³-hybridized carbons (Fsp3) is 0.600. The molecule has 2 N–H and O–H groups in total. The minimum atomic E-state index is -3.17. The number of nitrogens with one attached hydrogen (secondary N) is 2. The molecule has 112 valence electrons. The summed E-state index contributed by atoms with van der Waals surface area (Å²) in [7, 11) is -3.17. The zero-order valence-electron chi connectivity index (χ0n) is 12.0. The molecular weight excluding hydrogens is 272 g/mol. The Hall–Kier alpha value is -0.910. The molecule has 5 heteroatoms. The molecular formula is C15H24N2O2S. The van der Waals surface area contributed by atoms with E-state index >= 15 is 0 Å². The van der Waals surface area contributed by atoms with Gasteiger partial charge in [0.2, 0.25) is 10.0 Å². The van der Waals surface area contributed by atoms with Gasteiger partial charge >= 0.3 is 0 Å². The van der Waals surface area contributed by atoms with Crippen LogP contribution in [-0.2, 0) is 16.4 Å². The van der Waals surface area contributed by atoms with Crippen LogP contribution >= 0.6 is 0 Å². The molecule has 0 saturated carbocycles. The molecule has 0 spiro atoms. The van der Waals surface area contributed by atoms with Crippen LogP contribution in [0.5, 0.6) is 0 Å². The Balaban J connectivity index is 1.74. The lowest BCUT2D eigenvalue weighted by atomic mass is 9.96. The quantitative estimate of drug-likeness (QED) is 0.837. The summed E-state index contributed by atoms with van der Waals surface area (Å²) in [6.07, 6.45) is 2.78. The van der Waals surface area contributed by atoms with Gasteiger partial charge in [-0.1, -0.05) is 30.3 Å². The van der Waals surface area contributed by atoms with Crippen molar-refractivity contribution < 1.29 is 8.42 Å². The molecule has 20 heavy (non-hydrogen) atoms. The molecule has 0 radical (unpaired) electrons. The summed E-state index contributed by atoms with van der Waals surface area (Å²) >= 11 is 0. The molecule has 1 aliphatic heterocycles. The lowest BCUT2D eigenvalue weighted by Gasteiger charge is -2.27. The van der Waals surface area contributed by atoms with E-state index in [9.17, 15) is 8.42 Å². The Bertz CT molecular complexity index is 494. The van der Waals surface area contributed by atoms with Gasteiger partial charge in [-0.25, -0.2) is 13.1 Å². The van der Waals surface area contributed by atoms with Crippen LogP contribution < -0.4 is 10.0 Å². The Morgan fingerprint density at radius 1 is 1.25 bits per heavy atom. The van der Waals surface area contributed by atoms with E-state index < -0.39 is 10.0 Å². The smallest absolute Gasteiger partial charge is 0.211 e. The van der Waals surface area contributed by atoms with Crippen molar-refractivity contribution >= 4 is 10.0 Å². The van der Waals surface area contributed by atoms with Crippen LogP contribution in [-0.4, -0.2) is 33.3 Å². The third kappa shape index (κ3) is 5.23. The summed E-state index contributed by atoms with van der Waals surface area (Å²) in [5, 5.41) is 3.39. The Kier molecular flexibility index (Phi) is 5.57. The molecule has 1 heterocycles. The number of rotatable bonds is 6. The third-order valence-corrected chi connectivity index (χ3v) is 5.21. The highest BCUT2D eigenvalue weighted by atomic mass is 32.2. The Labute approximate surface area is 122 Å². The molecule has 2 atom stereocenters. The van der Waals surface area contributed by atoms with Crippen LogP contribution in [0, 0.1) is 5.92 Å². The predicted octanol–water partition coefficient (Wildman–Crippen LogP) is 1.54. The van der Waals surface area contributed by atoms with Gasteiger partial charge in [0, 0.05) is 12.6 Å². The second-order valence-electron chi connectivity index (χ2n) is 5.66. The van der Waals surface area contributed by atoms with Crippen molar-refractivity contribution in [3.63, 3.8) is 0 Å². The predicted molar refractivity (Wildman–Crippen MR) is 82.1 cm³/mol. The van der Waals surface area contributed by atoms with E-state index in [-0.39, 0.29) is 5.75 Å². The zero-order valence-corrected chi connectivity index (χ0v) is 12.8. The highest BCUT2D eigenvalue weighted by Crippen LogP contribution is 2.13. The minimum absolute atomic E-state index is 0.160. The maximum absolute atomic E-state index is 12.0. The summed E-state index contributed by atoms with van der Waals surface area (Å²) in [6.45, 7) is 3.62. The first kappa shape index (κ1) is 15.5. The van der Waals surface area contributed by atoms with E-state index in [1.165, 1.54) is 0 Å². The number of aryl methyl sites for hydroxylation is 1. The van der Waals surface area contributed by atoms with Crippen molar-refractivity contribution in [1.29, 1.82) is 0 Å². The minimum Gasteiger partial charge on any atom is -0.314 e. The number of benzene rings is 1. The number of hydrogen-bond acceptors (Lipinski definition) is 3. The molecule has 2 unspecified atom stereocenters. The summed E-state index contributed by atoms with van der Waals surface area (Å²) in [5.74, 6) is 0.575. The van der Waals surface area contributed by atoms with E-state index in [4.69, 9.17) is 0 Å². The average Bonchev–Trinajstić information content (AvgIpc) is 2.46. The molecule has 0 aliphatic carbocycles. The van der Waals surface area contributed by atoms with Crippen LogP contribution in [0.4, 0.5) is 0 Å². The van der Waals surface area contributed by atoms with Crippen molar-refractivity contribution in [2.24, 2.45) is 5.92 Å². The topological polar surface area (TPSA) is 58.2 Å². The van der Waals surface area contributed by atoms with Gasteiger partial charge in [-0.2, -0.15) is 0 Å². The molecule has 1 aromatic carbocycles. The molecule has 1 saturated heterocycles. The SMILES string of the molecule is CC1CCC(CNS(=O)(=O)CCc2ccccc2)CN1. The maximum Gasteiger partial charge on any atom is 0.211 e. The molecule has 4 nitrogen and oxygen atoms in total. The van der Waals surface area contributed by atoms with Crippen molar-refractivity contribution in [3.05, 3.63) is 35.9 Å². The van der Waals surface area contributed by atoms with E-state index in [2.05, 4.69) is 17.0 Å². The van der Waals surface area contributed by atoms with Crippen LogP contribution in [0.25, 0.3) is 0 Å². The lowest BCUT2D eigenvalue weighted by Crippen LogP contribution is -2.42. The number of piperidine rings is 1. The number of sulfonamides is 1. The molecule has 1 aliphatic rings. The van der Waals surface area contributed by atoms with Crippen LogP contribution in [0.3, 0.4) is 0 Å². The van der Waals surface area contributed by atoms with Crippen molar-refractivity contribution in [2.75, 3.05) is 18.8 Å². The van der Waals surface area contributed by atoms with Gasteiger partial charge in [0.25, 0.3) is 0 Å². The van der Waals surface area contributed by atoms with E-state index in [0.717, 1.165) is 24.9 Å². The van der Waals surface area contributed by atoms with Gasteiger partial charge in [-0.3, -0.25) is 0 Å². The largest absolute Gasteiger partial charge is 0.314 e. The van der Waals surface area contributed by atoms with E-state index in [0.29, 0.717) is 24.9 Å². The molecule has 1 aromatic rings. The molecule has 0 bridgehead atoms. The Morgan fingerprint density at radius 3 is 2.65 bits per heavy atom. The second kappa shape index (κ2) is 7.20. The standard InChI is InChI=1S/C15H24N2O2S/c1-13-7-8-15(11-16-13)12-17-20(18,19)10-9-14-5-3-2-4-6-14/h2-6,13,15-17H,7-12H2,1H3. The van der Waals surface area contributed by atoms with Gasteiger partial charge in [0.15, 0.2) is 0 Å². The first-order valence-corrected chi connectivity index (χ1v) is 8.95. The summed E-state index contributed by atoms with van der Waals surface area (Å²) < 4.78 is 26.7. The lowest BCUT2D eigenvalue weighted by molar-refractivity contribution is 0.323. The van der Waals surface area contributed by atoms with E-state index in [1.807, 2.05) is 30.3 Å². The van der Waals surface area contributed by atoms with Gasteiger partial charge in [0.05, 0.1) is 5.75 Å². The highest BCUT2D eigenvalue weighted by molar-refractivity contribution is 7.89. The summed E-state index contributed by atoms with van der Waals surface area (Å²) in [4.78, 5) is 0. The van der Waals surface area contributed by atoms with Crippen molar-refractivity contribution in [1.82, 2.24) is 10.0 Å². The van der Waals surface area contributed by atoms with Gasteiger partial charge in [-0.05, 0) is 44.2 Å². The van der Waals surface area contributed by atoms with Crippen LogP contribution in [0.2, 0.25) is 0 Å². The second-order valence-corrected chi connectivity index (χ2v) is 7.58.